The van der Waals surface area contributed by atoms with Crippen molar-refractivity contribution in [3.63, 3.8) is 0 Å². The molecule has 0 spiro atoms. The molecule has 0 saturated carbocycles. The first kappa shape index (κ1) is 16.6. The highest BCUT2D eigenvalue weighted by atomic mass is 16.5. The van der Waals surface area contributed by atoms with Gasteiger partial charge in [0.2, 0.25) is 0 Å². The zero-order chi connectivity index (χ0) is 17.0. The van der Waals surface area contributed by atoms with Gasteiger partial charge in [-0.2, -0.15) is 0 Å². The summed E-state index contributed by atoms with van der Waals surface area (Å²) in [5, 5.41) is 0. The van der Waals surface area contributed by atoms with Gasteiger partial charge in [0.05, 0.1) is 26.9 Å². The van der Waals surface area contributed by atoms with Gasteiger partial charge in [0.15, 0.2) is 0 Å². The van der Waals surface area contributed by atoms with Gasteiger partial charge in [-0.3, -0.25) is 4.79 Å². The Labute approximate surface area is 134 Å². The molecule has 6 nitrogen and oxygen atoms in total. The molecule has 0 aliphatic heterocycles. The zero-order valence-electron chi connectivity index (χ0n) is 13.6. The molecule has 0 atom stereocenters. The molecule has 2 aromatic rings. The molecular weight excluding hydrogens is 298 g/mol. The first-order valence-corrected chi connectivity index (χ1v) is 7.02. The molecule has 0 aliphatic rings. The lowest BCUT2D eigenvalue weighted by Crippen LogP contribution is -2.18. The van der Waals surface area contributed by atoms with E-state index in [0.29, 0.717) is 34.7 Å². The van der Waals surface area contributed by atoms with Crippen molar-refractivity contribution >= 4 is 5.97 Å². The quantitative estimate of drug-likeness (QED) is 0.854. The average molecular weight is 317 g/mol. The van der Waals surface area contributed by atoms with Gasteiger partial charge in [-0.25, -0.2) is 4.79 Å². The molecule has 6 heteroatoms. The van der Waals surface area contributed by atoms with E-state index >= 15 is 0 Å². The fraction of sp³-hybridized carbons (Fsp3) is 0.294. The third-order valence-corrected chi connectivity index (χ3v) is 3.59. The summed E-state index contributed by atoms with van der Waals surface area (Å²) < 4.78 is 15.3. The minimum Gasteiger partial charge on any atom is -0.497 e. The number of hydrogen-bond donors (Lipinski definition) is 1. The van der Waals surface area contributed by atoms with Crippen LogP contribution in [0.15, 0.2) is 29.1 Å². The number of methoxy groups -OCH3 is 3. The van der Waals surface area contributed by atoms with Crippen molar-refractivity contribution in [3.05, 3.63) is 57.0 Å². The van der Waals surface area contributed by atoms with Crippen LogP contribution in [0.2, 0.25) is 0 Å². The molecule has 1 heterocycles. The maximum Gasteiger partial charge on any atom is 0.339 e. The van der Waals surface area contributed by atoms with Crippen molar-refractivity contribution in [3.8, 4) is 11.5 Å². The van der Waals surface area contributed by atoms with Gasteiger partial charge in [0, 0.05) is 23.2 Å². The molecule has 2 rings (SSSR count). The van der Waals surface area contributed by atoms with E-state index in [4.69, 9.17) is 14.2 Å². The molecule has 0 radical (unpaired) electrons. The number of H-pyrrole nitrogens is 1. The Hall–Kier alpha value is -2.76. The fourth-order valence-corrected chi connectivity index (χ4v) is 2.34. The summed E-state index contributed by atoms with van der Waals surface area (Å²) in [4.78, 5) is 26.6. The predicted molar refractivity (Wildman–Crippen MR) is 85.5 cm³/mol. The van der Waals surface area contributed by atoms with Crippen molar-refractivity contribution in [2.24, 2.45) is 0 Å². The molecule has 0 bridgehead atoms. The SMILES string of the molecule is COC(=O)c1cc(Cc2cc(OC)ccc2OC)c(=O)[nH]c1C. The normalized spacial score (nSPS) is 10.3. The molecular formula is C17H19NO5. The van der Waals surface area contributed by atoms with Gasteiger partial charge >= 0.3 is 5.97 Å². The molecule has 0 unspecified atom stereocenters. The Balaban J connectivity index is 2.48. The lowest BCUT2D eigenvalue weighted by Gasteiger charge is -2.11. The van der Waals surface area contributed by atoms with E-state index in [1.807, 2.05) is 0 Å². The van der Waals surface area contributed by atoms with E-state index < -0.39 is 5.97 Å². The van der Waals surface area contributed by atoms with Crippen LogP contribution in [-0.4, -0.2) is 32.3 Å². The molecule has 122 valence electrons. The Morgan fingerprint density at radius 3 is 2.43 bits per heavy atom. The number of aryl methyl sites for hydroxylation is 1. The van der Waals surface area contributed by atoms with Crippen molar-refractivity contribution < 1.29 is 19.0 Å². The highest BCUT2D eigenvalue weighted by Gasteiger charge is 2.15. The van der Waals surface area contributed by atoms with E-state index in [1.165, 1.54) is 7.11 Å². The summed E-state index contributed by atoms with van der Waals surface area (Å²) in [6.45, 7) is 1.66. The first-order chi connectivity index (χ1) is 11.0. The lowest BCUT2D eigenvalue weighted by molar-refractivity contribution is 0.0599. The van der Waals surface area contributed by atoms with E-state index in [0.717, 1.165) is 5.56 Å². The Morgan fingerprint density at radius 1 is 1.09 bits per heavy atom. The van der Waals surface area contributed by atoms with Crippen LogP contribution < -0.4 is 15.0 Å². The second-order valence-electron chi connectivity index (χ2n) is 5.01. The minimum atomic E-state index is -0.488. The zero-order valence-corrected chi connectivity index (χ0v) is 13.6. The van der Waals surface area contributed by atoms with Crippen LogP contribution >= 0.6 is 0 Å². The molecule has 1 N–H and O–H groups in total. The highest BCUT2D eigenvalue weighted by molar-refractivity contribution is 5.90. The van der Waals surface area contributed by atoms with E-state index in [1.54, 1.807) is 45.4 Å². The predicted octanol–water partition coefficient (Wildman–Crippen LogP) is 2.08. The van der Waals surface area contributed by atoms with Crippen LogP contribution in [0.5, 0.6) is 11.5 Å². The highest BCUT2D eigenvalue weighted by Crippen LogP contribution is 2.26. The van der Waals surface area contributed by atoms with E-state index in [2.05, 4.69) is 4.98 Å². The van der Waals surface area contributed by atoms with Gasteiger partial charge in [-0.1, -0.05) is 0 Å². The molecule has 0 amide bonds. The van der Waals surface area contributed by atoms with Crippen molar-refractivity contribution in [2.45, 2.75) is 13.3 Å². The number of hydrogen-bond acceptors (Lipinski definition) is 5. The largest absolute Gasteiger partial charge is 0.497 e. The molecule has 1 aromatic heterocycles. The van der Waals surface area contributed by atoms with Gasteiger partial charge < -0.3 is 19.2 Å². The number of carbonyl (C=O) groups excluding carboxylic acids is 1. The van der Waals surface area contributed by atoms with Crippen LogP contribution in [-0.2, 0) is 11.2 Å². The molecule has 0 saturated heterocycles. The number of benzene rings is 1. The standard InChI is InChI=1S/C17H19NO5/c1-10-14(17(20)23-4)9-12(16(19)18-10)7-11-8-13(21-2)5-6-15(11)22-3/h5-6,8-9H,7H2,1-4H3,(H,18,19). The van der Waals surface area contributed by atoms with Crippen molar-refractivity contribution in [1.29, 1.82) is 0 Å². The number of pyridine rings is 1. The summed E-state index contributed by atoms with van der Waals surface area (Å²) in [7, 11) is 4.43. The fourth-order valence-electron chi connectivity index (χ4n) is 2.34. The maximum absolute atomic E-state index is 12.2. The van der Waals surface area contributed by atoms with Crippen LogP contribution in [0, 0.1) is 6.92 Å². The monoisotopic (exact) mass is 317 g/mol. The Bertz CT molecular complexity index is 779. The summed E-state index contributed by atoms with van der Waals surface area (Å²) in [6, 6.07) is 6.91. The second kappa shape index (κ2) is 7.00. The number of ether oxygens (including phenoxy) is 3. The molecule has 1 aromatic carbocycles. The van der Waals surface area contributed by atoms with Gasteiger partial charge in [0.1, 0.15) is 11.5 Å². The van der Waals surface area contributed by atoms with Crippen LogP contribution in [0.4, 0.5) is 0 Å². The summed E-state index contributed by atoms with van der Waals surface area (Å²) in [5.41, 5.74) is 1.80. The number of carbonyl (C=O) groups is 1. The summed E-state index contributed by atoms with van der Waals surface area (Å²) in [6.07, 6.45) is 0.306. The smallest absolute Gasteiger partial charge is 0.339 e. The third kappa shape index (κ3) is 3.53. The van der Waals surface area contributed by atoms with Gasteiger partial charge in [0.25, 0.3) is 5.56 Å². The third-order valence-electron chi connectivity index (χ3n) is 3.59. The van der Waals surface area contributed by atoms with Crippen molar-refractivity contribution in [2.75, 3.05) is 21.3 Å². The lowest BCUT2D eigenvalue weighted by atomic mass is 10.0. The number of aromatic nitrogens is 1. The van der Waals surface area contributed by atoms with Gasteiger partial charge in [-0.05, 0) is 31.2 Å². The van der Waals surface area contributed by atoms with E-state index in [-0.39, 0.29) is 5.56 Å². The molecule has 23 heavy (non-hydrogen) atoms. The summed E-state index contributed by atoms with van der Waals surface area (Å²) >= 11 is 0. The first-order valence-electron chi connectivity index (χ1n) is 7.02. The van der Waals surface area contributed by atoms with Crippen LogP contribution in [0.1, 0.15) is 27.2 Å². The van der Waals surface area contributed by atoms with Crippen molar-refractivity contribution in [1.82, 2.24) is 4.98 Å². The average Bonchev–Trinajstić information content (AvgIpc) is 2.56. The van der Waals surface area contributed by atoms with Crippen LogP contribution in [0.25, 0.3) is 0 Å². The second-order valence-corrected chi connectivity index (χ2v) is 5.01. The Kier molecular flexibility index (Phi) is 5.05. The number of nitrogens with one attached hydrogen (secondary N) is 1. The number of rotatable bonds is 5. The molecule has 0 aliphatic carbocycles. The van der Waals surface area contributed by atoms with E-state index in [9.17, 15) is 9.59 Å². The van der Waals surface area contributed by atoms with Crippen LogP contribution in [0.3, 0.4) is 0 Å². The molecule has 0 fully saturated rings. The number of aromatic amines is 1. The topological polar surface area (TPSA) is 77.6 Å². The minimum absolute atomic E-state index is 0.250. The maximum atomic E-state index is 12.2. The number of esters is 1. The Morgan fingerprint density at radius 2 is 1.83 bits per heavy atom. The van der Waals surface area contributed by atoms with Gasteiger partial charge in [-0.15, -0.1) is 0 Å². The summed E-state index contributed by atoms with van der Waals surface area (Å²) in [5.74, 6) is 0.820.